The quantitative estimate of drug-likeness (QED) is 0.349. The lowest BCUT2D eigenvalue weighted by molar-refractivity contribution is -0.261. The molecule has 0 amide bonds. The molecule has 0 aromatic carbocycles. The molecule has 0 saturated carbocycles. The Balaban J connectivity index is 2.00. The van der Waals surface area contributed by atoms with Gasteiger partial charge in [0.1, 0.15) is 5.76 Å². The molecule has 0 N–H and O–H groups in total. The average Bonchev–Trinajstić information content (AvgIpc) is 2.52. The number of hydrogen-bond donors (Lipinski definition) is 0. The highest BCUT2D eigenvalue weighted by Gasteiger charge is 2.45. The highest BCUT2D eigenvalue weighted by molar-refractivity contribution is 5.82. The first kappa shape index (κ1) is 23.0. The topological polar surface area (TPSA) is 42.0 Å². The lowest BCUT2D eigenvalue weighted by atomic mass is 9.82. The van der Waals surface area contributed by atoms with Crippen molar-refractivity contribution in [1.82, 2.24) is 10.1 Å². The van der Waals surface area contributed by atoms with Crippen molar-refractivity contribution < 1.29 is 14.5 Å². The predicted molar refractivity (Wildman–Crippen MR) is 113 cm³/mol. The first-order chi connectivity index (χ1) is 12.7. The van der Waals surface area contributed by atoms with Crippen LogP contribution in [0.2, 0.25) is 0 Å². The summed E-state index contributed by atoms with van der Waals surface area (Å²) in [5, 5.41) is 3.88. The van der Waals surface area contributed by atoms with Crippen LogP contribution in [-0.2, 0) is 14.5 Å². The number of hydrogen-bond acceptors (Lipinski definition) is 5. The molecule has 2 saturated heterocycles. The van der Waals surface area contributed by atoms with Crippen molar-refractivity contribution in [1.29, 1.82) is 0 Å². The van der Waals surface area contributed by atoms with Gasteiger partial charge in [0.2, 0.25) is 0 Å². The Hall–Kier alpha value is -1.33. The van der Waals surface area contributed by atoms with Gasteiger partial charge in [-0.2, -0.15) is 0 Å². The maximum atomic E-state index is 12.5. The summed E-state index contributed by atoms with van der Waals surface area (Å²) in [6, 6.07) is 0. The van der Waals surface area contributed by atoms with Crippen LogP contribution in [-0.4, -0.2) is 38.3 Å². The fourth-order valence-corrected chi connectivity index (χ4v) is 4.88. The molecule has 2 heterocycles. The van der Waals surface area contributed by atoms with Crippen molar-refractivity contribution in [3.63, 3.8) is 0 Å². The number of nitrogens with zero attached hydrogens (tertiary/aromatic N) is 2. The fourth-order valence-electron chi connectivity index (χ4n) is 4.88. The number of carbonyl (C=O) groups excluding carboxylic acids is 1. The molecule has 2 fully saturated rings. The summed E-state index contributed by atoms with van der Waals surface area (Å²) < 4.78 is 0. The van der Waals surface area contributed by atoms with Gasteiger partial charge in [-0.15, -0.1) is 10.1 Å². The average molecular weight is 393 g/mol. The van der Waals surface area contributed by atoms with Crippen LogP contribution in [0.5, 0.6) is 0 Å². The lowest BCUT2D eigenvalue weighted by Crippen LogP contribution is -2.58. The van der Waals surface area contributed by atoms with Crippen molar-refractivity contribution in [2.24, 2.45) is 0 Å². The smallest absolute Gasteiger partial charge is 0.349 e. The first-order valence-electron chi connectivity index (χ1n) is 10.6. The summed E-state index contributed by atoms with van der Waals surface area (Å²) in [7, 11) is 0. The van der Waals surface area contributed by atoms with E-state index in [-0.39, 0.29) is 22.2 Å². The largest absolute Gasteiger partial charge is 0.406 e. The molecular weight excluding hydrogens is 352 g/mol. The van der Waals surface area contributed by atoms with E-state index in [1.54, 1.807) is 6.08 Å². The lowest BCUT2D eigenvalue weighted by Gasteiger charge is -2.51. The molecule has 0 aromatic rings. The number of carbonyl (C=O) groups is 1. The normalized spacial score (nSPS) is 26.7. The predicted octanol–water partition coefficient (Wildman–Crippen LogP) is 5.53. The monoisotopic (exact) mass is 392 g/mol. The van der Waals surface area contributed by atoms with E-state index in [9.17, 15) is 4.79 Å². The summed E-state index contributed by atoms with van der Waals surface area (Å²) in [4.78, 5) is 24.3. The van der Waals surface area contributed by atoms with E-state index < -0.39 is 5.97 Å². The number of piperidine rings is 2. The summed E-state index contributed by atoms with van der Waals surface area (Å²) in [5.41, 5.74) is -0.525. The van der Waals surface area contributed by atoms with E-state index in [2.05, 4.69) is 62.0 Å². The van der Waals surface area contributed by atoms with Crippen molar-refractivity contribution in [2.75, 3.05) is 0 Å². The van der Waals surface area contributed by atoms with Gasteiger partial charge in [-0.05, 0) is 100.0 Å². The minimum Gasteiger partial charge on any atom is -0.406 e. The Morgan fingerprint density at radius 1 is 0.714 bits per heavy atom. The van der Waals surface area contributed by atoms with Gasteiger partial charge in [-0.1, -0.05) is 6.58 Å². The van der Waals surface area contributed by atoms with E-state index in [0.29, 0.717) is 5.76 Å². The van der Waals surface area contributed by atoms with Crippen LogP contribution in [0.1, 0.15) is 93.9 Å². The Morgan fingerprint density at radius 3 is 1.46 bits per heavy atom. The molecule has 5 heteroatoms. The van der Waals surface area contributed by atoms with Crippen molar-refractivity contribution >= 4 is 5.97 Å². The highest BCUT2D eigenvalue weighted by Crippen LogP contribution is 2.40. The molecule has 28 heavy (non-hydrogen) atoms. The zero-order chi connectivity index (χ0) is 21.4. The second kappa shape index (κ2) is 7.83. The van der Waals surface area contributed by atoms with Crippen LogP contribution in [0, 0.1) is 0 Å². The van der Waals surface area contributed by atoms with Crippen molar-refractivity contribution in [3.8, 4) is 0 Å². The van der Waals surface area contributed by atoms with Crippen molar-refractivity contribution in [3.05, 3.63) is 24.5 Å². The van der Waals surface area contributed by atoms with Crippen LogP contribution in [0.3, 0.4) is 0 Å². The molecule has 0 spiro atoms. The third-order valence-electron chi connectivity index (χ3n) is 6.15. The van der Waals surface area contributed by atoms with Crippen LogP contribution in [0.4, 0.5) is 0 Å². The molecule has 2 rings (SSSR count). The van der Waals surface area contributed by atoms with E-state index >= 15 is 0 Å². The maximum Gasteiger partial charge on any atom is 0.349 e. The molecule has 5 nitrogen and oxygen atoms in total. The SMILES string of the molecule is C=C(/C=C\C(=O)ON1C(C)(C)CCCC1(C)C)ON1C(C)(C)CCCC1(C)C. The van der Waals surface area contributed by atoms with E-state index in [1.165, 1.54) is 12.5 Å². The molecule has 0 bridgehead atoms. The minimum atomic E-state index is -0.398. The van der Waals surface area contributed by atoms with Gasteiger partial charge in [0.25, 0.3) is 0 Å². The summed E-state index contributed by atoms with van der Waals surface area (Å²) in [6.07, 6.45) is 9.46. The number of rotatable bonds is 5. The van der Waals surface area contributed by atoms with Crippen LogP contribution < -0.4 is 0 Å². The van der Waals surface area contributed by atoms with Gasteiger partial charge in [-0.25, -0.2) is 4.79 Å². The molecule has 2 aliphatic rings. The highest BCUT2D eigenvalue weighted by atomic mass is 16.7. The van der Waals surface area contributed by atoms with E-state index in [4.69, 9.17) is 9.68 Å². The molecule has 0 unspecified atom stereocenters. The van der Waals surface area contributed by atoms with Gasteiger partial charge in [0, 0.05) is 6.08 Å². The molecule has 0 atom stereocenters. The molecular formula is C23H40N2O3. The van der Waals surface area contributed by atoms with Crippen LogP contribution >= 0.6 is 0 Å². The first-order valence-corrected chi connectivity index (χ1v) is 10.6. The summed E-state index contributed by atoms with van der Waals surface area (Å²) in [5.74, 6) is 0.0436. The number of hydroxylamine groups is 4. The van der Waals surface area contributed by atoms with Gasteiger partial charge < -0.3 is 9.68 Å². The van der Waals surface area contributed by atoms with Gasteiger partial charge >= 0.3 is 5.97 Å². The van der Waals surface area contributed by atoms with E-state index in [0.717, 1.165) is 32.1 Å². The molecule has 160 valence electrons. The summed E-state index contributed by atoms with van der Waals surface area (Å²) >= 11 is 0. The van der Waals surface area contributed by atoms with Gasteiger partial charge in [0.05, 0.1) is 22.2 Å². The Bertz CT molecular complexity index is 546. The Kier molecular flexibility index (Phi) is 6.42. The molecule has 0 aliphatic carbocycles. The summed E-state index contributed by atoms with van der Waals surface area (Å²) in [6.45, 7) is 21.2. The van der Waals surface area contributed by atoms with Crippen molar-refractivity contribution in [2.45, 2.75) is 116 Å². The van der Waals surface area contributed by atoms with Crippen LogP contribution in [0.25, 0.3) is 0 Å². The third kappa shape index (κ3) is 5.18. The van der Waals surface area contributed by atoms with E-state index in [1.807, 2.05) is 10.1 Å². The maximum absolute atomic E-state index is 12.5. The standard InChI is InChI=1S/C23H40N2O3/c1-18(27-24-20(2,3)14-10-15-21(24,4)5)12-13-19(26)28-25-22(6,7)16-11-17-23(25,8)9/h12-13H,1,10-11,14-17H2,2-9H3/b13-12-. The molecule has 2 aliphatic heterocycles. The third-order valence-corrected chi connectivity index (χ3v) is 6.15. The fraction of sp³-hybridized carbons (Fsp3) is 0.783. The zero-order valence-corrected chi connectivity index (χ0v) is 19.2. The van der Waals surface area contributed by atoms with Crippen LogP contribution in [0.15, 0.2) is 24.5 Å². The molecule has 0 aromatic heterocycles. The second-order valence-electron chi connectivity index (χ2n) is 10.8. The zero-order valence-electron chi connectivity index (χ0n) is 19.2. The van der Waals surface area contributed by atoms with Gasteiger partial charge in [-0.3, -0.25) is 0 Å². The second-order valence-corrected chi connectivity index (χ2v) is 10.8. The Labute approximate surface area is 171 Å². The minimum absolute atomic E-state index is 0.0825. The van der Waals surface area contributed by atoms with Gasteiger partial charge in [0.15, 0.2) is 0 Å². The molecule has 0 radical (unpaired) electrons. The Morgan fingerprint density at radius 2 is 1.07 bits per heavy atom. The number of allylic oxidation sites excluding steroid dienone is 1.